The Labute approximate surface area is 159 Å². The van der Waals surface area contributed by atoms with Gasteiger partial charge in [0.1, 0.15) is 0 Å². The molecule has 0 amide bonds. The molecule has 27 heavy (non-hydrogen) atoms. The molecule has 0 radical (unpaired) electrons. The van der Waals surface area contributed by atoms with Crippen molar-refractivity contribution in [1.29, 1.82) is 0 Å². The summed E-state index contributed by atoms with van der Waals surface area (Å²) >= 11 is 0. The Kier molecular flexibility index (Phi) is 14.0. The number of aromatic carboxylic acids is 2. The van der Waals surface area contributed by atoms with E-state index in [1.54, 1.807) is 60.7 Å². The molecule has 0 aliphatic carbocycles. The normalized spacial score (nSPS) is 10.5. The van der Waals surface area contributed by atoms with Crippen molar-refractivity contribution in [2.24, 2.45) is 0 Å². The number of aliphatic hydroxyl groups excluding tert-OH is 2. The number of carboxylic acids is 2. The first-order valence-corrected chi connectivity index (χ1v) is 8.77. The van der Waals surface area contributed by atoms with E-state index in [9.17, 15) is 9.59 Å². The van der Waals surface area contributed by atoms with Crippen LogP contribution in [0.25, 0.3) is 0 Å². The standard InChI is InChI=1S/2C7H6O2.C7H16O2/c2*8-7(9)6-4-2-1-3-5-6;1-2-7(9)5-3-4-6-8/h2*1-5H,(H,8,9);7-9H,2-6H2,1H3. The van der Waals surface area contributed by atoms with Crippen molar-refractivity contribution in [3.63, 3.8) is 0 Å². The molecule has 0 aromatic heterocycles. The second-order valence-electron chi connectivity index (χ2n) is 5.62. The average Bonchev–Trinajstić information content (AvgIpc) is 2.70. The number of carboxylic acid groups (broad SMARTS) is 2. The lowest BCUT2D eigenvalue weighted by Gasteiger charge is -2.04. The highest BCUT2D eigenvalue weighted by Gasteiger charge is 1.98. The first-order valence-electron chi connectivity index (χ1n) is 8.77. The van der Waals surface area contributed by atoms with Gasteiger partial charge in [0.05, 0.1) is 17.2 Å². The predicted octanol–water partition coefficient (Wildman–Crippen LogP) is 3.69. The van der Waals surface area contributed by atoms with Gasteiger partial charge in [-0.3, -0.25) is 0 Å². The highest BCUT2D eigenvalue weighted by atomic mass is 16.4. The smallest absolute Gasteiger partial charge is 0.335 e. The largest absolute Gasteiger partial charge is 0.478 e. The highest BCUT2D eigenvalue weighted by Crippen LogP contribution is 2.02. The van der Waals surface area contributed by atoms with E-state index in [0.717, 1.165) is 25.7 Å². The monoisotopic (exact) mass is 376 g/mol. The van der Waals surface area contributed by atoms with E-state index in [1.165, 1.54) is 0 Å². The second-order valence-corrected chi connectivity index (χ2v) is 5.62. The van der Waals surface area contributed by atoms with Crippen LogP contribution in [0.3, 0.4) is 0 Å². The van der Waals surface area contributed by atoms with Gasteiger partial charge < -0.3 is 20.4 Å². The quantitative estimate of drug-likeness (QED) is 0.548. The van der Waals surface area contributed by atoms with Gasteiger partial charge in [0.2, 0.25) is 0 Å². The van der Waals surface area contributed by atoms with Crippen LogP contribution in [0.2, 0.25) is 0 Å². The fraction of sp³-hybridized carbons (Fsp3) is 0.333. The Morgan fingerprint density at radius 3 is 1.48 bits per heavy atom. The predicted molar refractivity (Wildman–Crippen MR) is 104 cm³/mol. The van der Waals surface area contributed by atoms with Crippen LogP contribution in [0.1, 0.15) is 53.3 Å². The molecule has 0 heterocycles. The number of unbranched alkanes of at least 4 members (excludes halogenated alkanes) is 1. The topological polar surface area (TPSA) is 115 Å². The molecule has 2 aromatic rings. The molecule has 1 atom stereocenters. The summed E-state index contributed by atoms with van der Waals surface area (Å²) in [4.78, 5) is 20.4. The van der Waals surface area contributed by atoms with Gasteiger partial charge in [-0.25, -0.2) is 9.59 Å². The van der Waals surface area contributed by atoms with E-state index < -0.39 is 11.9 Å². The van der Waals surface area contributed by atoms with Crippen LogP contribution in [0.4, 0.5) is 0 Å². The molecular formula is C21H28O6. The van der Waals surface area contributed by atoms with E-state index >= 15 is 0 Å². The average molecular weight is 376 g/mol. The zero-order chi connectivity index (χ0) is 20.5. The lowest BCUT2D eigenvalue weighted by atomic mass is 10.1. The molecule has 0 saturated heterocycles. The van der Waals surface area contributed by atoms with Crippen molar-refractivity contribution in [1.82, 2.24) is 0 Å². The summed E-state index contributed by atoms with van der Waals surface area (Å²) in [6.45, 7) is 2.21. The van der Waals surface area contributed by atoms with Crippen LogP contribution in [0.5, 0.6) is 0 Å². The third-order valence-corrected chi connectivity index (χ3v) is 3.46. The summed E-state index contributed by atoms with van der Waals surface area (Å²) in [7, 11) is 0. The molecular weight excluding hydrogens is 348 g/mol. The summed E-state index contributed by atoms with van der Waals surface area (Å²) in [5.41, 5.74) is 0.662. The van der Waals surface area contributed by atoms with Gasteiger partial charge in [0.25, 0.3) is 0 Å². The lowest BCUT2D eigenvalue weighted by Crippen LogP contribution is -2.03. The molecule has 6 heteroatoms. The van der Waals surface area contributed by atoms with Gasteiger partial charge in [0.15, 0.2) is 0 Å². The molecule has 148 valence electrons. The first kappa shape index (κ1) is 24.3. The van der Waals surface area contributed by atoms with Gasteiger partial charge in [-0.05, 0) is 49.9 Å². The molecule has 1 unspecified atom stereocenters. The fourth-order valence-electron chi connectivity index (χ4n) is 1.86. The summed E-state index contributed by atoms with van der Waals surface area (Å²) in [5, 5.41) is 34.1. The van der Waals surface area contributed by atoms with Crippen LogP contribution in [-0.4, -0.2) is 45.1 Å². The number of hydrogen-bond acceptors (Lipinski definition) is 4. The van der Waals surface area contributed by atoms with Crippen molar-refractivity contribution < 1.29 is 30.0 Å². The minimum Gasteiger partial charge on any atom is -0.478 e. The number of aliphatic hydroxyl groups is 2. The van der Waals surface area contributed by atoms with Gasteiger partial charge in [0, 0.05) is 6.61 Å². The zero-order valence-electron chi connectivity index (χ0n) is 15.5. The molecule has 0 aliphatic rings. The Bertz CT molecular complexity index is 578. The van der Waals surface area contributed by atoms with Crippen LogP contribution in [0.15, 0.2) is 60.7 Å². The lowest BCUT2D eigenvalue weighted by molar-refractivity contribution is 0.0686. The molecule has 0 saturated carbocycles. The van der Waals surface area contributed by atoms with Crippen LogP contribution in [-0.2, 0) is 0 Å². The molecule has 6 nitrogen and oxygen atoms in total. The van der Waals surface area contributed by atoms with Crippen LogP contribution >= 0.6 is 0 Å². The maximum atomic E-state index is 10.2. The van der Waals surface area contributed by atoms with Crippen LogP contribution < -0.4 is 0 Å². The highest BCUT2D eigenvalue weighted by molar-refractivity contribution is 5.87. The molecule has 4 N–H and O–H groups in total. The molecule has 0 spiro atoms. The number of hydrogen-bond donors (Lipinski definition) is 4. The SMILES string of the molecule is CCC(O)CCCCO.O=C(O)c1ccccc1.O=C(O)c1ccccc1. The molecule has 0 fully saturated rings. The van der Waals surface area contributed by atoms with Gasteiger partial charge in [-0.1, -0.05) is 43.3 Å². The maximum absolute atomic E-state index is 10.2. The third-order valence-electron chi connectivity index (χ3n) is 3.46. The Morgan fingerprint density at radius 2 is 1.22 bits per heavy atom. The van der Waals surface area contributed by atoms with E-state index in [4.69, 9.17) is 20.4 Å². The summed E-state index contributed by atoms with van der Waals surface area (Å²) in [6.07, 6.45) is 3.25. The van der Waals surface area contributed by atoms with Gasteiger partial charge in [-0.15, -0.1) is 0 Å². The molecule has 0 aliphatic heterocycles. The third kappa shape index (κ3) is 13.2. The van der Waals surface area contributed by atoms with Crippen molar-refractivity contribution >= 4 is 11.9 Å². The van der Waals surface area contributed by atoms with Gasteiger partial charge >= 0.3 is 11.9 Å². The molecule has 2 aromatic carbocycles. The minimum atomic E-state index is -0.879. The van der Waals surface area contributed by atoms with E-state index in [1.807, 2.05) is 6.92 Å². The fourth-order valence-corrected chi connectivity index (χ4v) is 1.86. The Morgan fingerprint density at radius 1 is 0.815 bits per heavy atom. The summed E-state index contributed by atoms with van der Waals surface area (Å²) < 4.78 is 0. The molecule has 0 bridgehead atoms. The molecule has 2 rings (SSSR count). The van der Waals surface area contributed by atoms with E-state index in [-0.39, 0.29) is 12.7 Å². The summed E-state index contributed by atoms with van der Waals surface area (Å²) in [6, 6.07) is 16.6. The number of carbonyl (C=O) groups is 2. The Hall–Kier alpha value is -2.70. The van der Waals surface area contributed by atoms with Crippen molar-refractivity contribution in [3.05, 3.63) is 71.8 Å². The van der Waals surface area contributed by atoms with Crippen molar-refractivity contribution in [2.75, 3.05) is 6.61 Å². The summed E-state index contributed by atoms with van der Waals surface area (Å²) in [5.74, 6) is -1.76. The Balaban J connectivity index is 0.000000376. The first-order chi connectivity index (χ1) is 12.9. The van der Waals surface area contributed by atoms with E-state index in [2.05, 4.69) is 0 Å². The van der Waals surface area contributed by atoms with Crippen molar-refractivity contribution in [2.45, 2.75) is 38.7 Å². The number of rotatable bonds is 7. The van der Waals surface area contributed by atoms with Crippen molar-refractivity contribution in [3.8, 4) is 0 Å². The van der Waals surface area contributed by atoms with Crippen LogP contribution in [0, 0.1) is 0 Å². The zero-order valence-corrected chi connectivity index (χ0v) is 15.5. The van der Waals surface area contributed by atoms with Gasteiger partial charge in [-0.2, -0.15) is 0 Å². The minimum absolute atomic E-state index is 0.156. The second kappa shape index (κ2) is 15.5. The van der Waals surface area contributed by atoms with E-state index in [0.29, 0.717) is 11.1 Å². The number of benzene rings is 2. The maximum Gasteiger partial charge on any atom is 0.335 e.